The van der Waals surface area contributed by atoms with Gasteiger partial charge in [0.15, 0.2) is 5.82 Å². The highest BCUT2D eigenvalue weighted by atomic mass is 32.2. The molecule has 1 saturated heterocycles. The number of halogens is 3. The third-order valence-corrected chi connectivity index (χ3v) is 5.40. The van der Waals surface area contributed by atoms with Gasteiger partial charge >= 0.3 is 5.51 Å². The molecular formula is C20H22F3N5O2S. The van der Waals surface area contributed by atoms with Crippen LogP contribution < -0.4 is 16.0 Å². The standard InChI is InChI=1S/C20H22F3N5O2S/c1-11(2)16(12-4-6-13(7-5-12)31-20(21,22)23)28-19(30)14-10-15(29)27-18(26-14)17-24-8-3-9-25-17/h3-9,11,14,16,18,26H,10H2,1-2H3,(H,27,29)(H,28,30)/t14?,16-,18?/m1/s1. The molecule has 2 aromatic rings. The quantitative estimate of drug-likeness (QED) is 0.582. The molecule has 166 valence electrons. The van der Waals surface area contributed by atoms with E-state index in [2.05, 4.69) is 25.9 Å². The normalized spacial score (nSPS) is 20.3. The molecule has 2 heterocycles. The predicted molar refractivity (Wildman–Crippen MR) is 109 cm³/mol. The van der Waals surface area contributed by atoms with Crippen molar-refractivity contribution in [1.82, 2.24) is 25.9 Å². The molecule has 1 aliphatic rings. The number of carbonyl (C=O) groups excluding carboxylic acids is 2. The molecule has 11 heteroatoms. The Labute approximate surface area is 181 Å². The number of benzene rings is 1. The summed E-state index contributed by atoms with van der Waals surface area (Å²) in [6, 6.07) is 6.30. The summed E-state index contributed by atoms with van der Waals surface area (Å²) in [4.78, 5) is 33.3. The zero-order valence-corrected chi connectivity index (χ0v) is 17.6. The van der Waals surface area contributed by atoms with Gasteiger partial charge in [-0.25, -0.2) is 9.97 Å². The van der Waals surface area contributed by atoms with E-state index in [9.17, 15) is 22.8 Å². The summed E-state index contributed by atoms with van der Waals surface area (Å²) in [5, 5.41) is 8.65. The highest BCUT2D eigenvalue weighted by molar-refractivity contribution is 8.00. The minimum absolute atomic E-state index is 0.0317. The van der Waals surface area contributed by atoms with E-state index in [-0.39, 0.29) is 40.8 Å². The van der Waals surface area contributed by atoms with Crippen molar-refractivity contribution >= 4 is 23.6 Å². The van der Waals surface area contributed by atoms with Crippen LogP contribution in [0.15, 0.2) is 47.6 Å². The smallest absolute Gasteiger partial charge is 0.348 e. The van der Waals surface area contributed by atoms with Crippen LogP contribution in [0.5, 0.6) is 0 Å². The Kier molecular flexibility index (Phi) is 7.16. The van der Waals surface area contributed by atoms with Gasteiger partial charge in [0.25, 0.3) is 0 Å². The van der Waals surface area contributed by atoms with Crippen LogP contribution in [-0.2, 0) is 9.59 Å². The van der Waals surface area contributed by atoms with Gasteiger partial charge in [-0.2, -0.15) is 13.2 Å². The van der Waals surface area contributed by atoms with Crippen molar-refractivity contribution in [3.05, 3.63) is 54.1 Å². The molecule has 0 spiro atoms. The number of rotatable bonds is 6. The molecule has 1 fully saturated rings. The highest BCUT2D eigenvalue weighted by Gasteiger charge is 2.34. The van der Waals surface area contributed by atoms with E-state index in [1.807, 2.05) is 13.8 Å². The minimum atomic E-state index is -4.36. The third kappa shape index (κ3) is 6.41. The minimum Gasteiger partial charge on any atom is -0.348 e. The average Bonchev–Trinajstić information content (AvgIpc) is 2.71. The summed E-state index contributed by atoms with van der Waals surface area (Å²) in [5.41, 5.74) is -3.68. The van der Waals surface area contributed by atoms with Gasteiger partial charge in [0, 0.05) is 17.3 Å². The molecule has 0 aliphatic carbocycles. The van der Waals surface area contributed by atoms with Gasteiger partial charge in [-0.3, -0.25) is 14.9 Å². The largest absolute Gasteiger partial charge is 0.446 e. The van der Waals surface area contributed by atoms with Crippen LogP contribution in [0, 0.1) is 5.92 Å². The Hall–Kier alpha value is -2.66. The highest BCUT2D eigenvalue weighted by Crippen LogP contribution is 2.37. The van der Waals surface area contributed by atoms with Crippen molar-refractivity contribution in [2.24, 2.45) is 5.92 Å². The lowest BCUT2D eigenvalue weighted by molar-refractivity contribution is -0.132. The molecule has 1 aliphatic heterocycles. The van der Waals surface area contributed by atoms with Crippen LogP contribution in [0.4, 0.5) is 13.2 Å². The first-order valence-electron chi connectivity index (χ1n) is 9.61. The van der Waals surface area contributed by atoms with Crippen LogP contribution in [0.25, 0.3) is 0 Å². The van der Waals surface area contributed by atoms with Gasteiger partial charge in [-0.1, -0.05) is 26.0 Å². The summed E-state index contributed by atoms with van der Waals surface area (Å²) >= 11 is -0.189. The fraction of sp³-hybridized carbons (Fsp3) is 0.400. The zero-order valence-electron chi connectivity index (χ0n) is 16.8. The van der Waals surface area contributed by atoms with E-state index < -0.39 is 23.8 Å². The van der Waals surface area contributed by atoms with Gasteiger partial charge < -0.3 is 10.6 Å². The lowest BCUT2D eigenvalue weighted by Gasteiger charge is -2.32. The number of nitrogens with one attached hydrogen (secondary N) is 3. The summed E-state index contributed by atoms with van der Waals surface area (Å²) in [7, 11) is 0. The van der Waals surface area contributed by atoms with Crippen molar-refractivity contribution in [1.29, 1.82) is 0 Å². The van der Waals surface area contributed by atoms with Gasteiger partial charge in [0.2, 0.25) is 11.8 Å². The lowest BCUT2D eigenvalue weighted by atomic mass is 9.95. The average molecular weight is 453 g/mol. The molecule has 3 atom stereocenters. The maximum Gasteiger partial charge on any atom is 0.446 e. The second-order valence-corrected chi connectivity index (χ2v) is 8.52. The van der Waals surface area contributed by atoms with E-state index in [1.165, 1.54) is 24.5 Å². The number of alkyl halides is 3. The summed E-state index contributed by atoms with van der Waals surface area (Å²) in [5.74, 6) is -0.392. The Balaban J connectivity index is 1.70. The van der Waals surface area contributed by atoms with Crippen LogP contribution in [-0.4, -0.2) is 33.3 Å². The first-order valence-corrected chi connectivity index (χ1v) is 10.4. The Bertz CT molecular complexity index is 909. The molecule has 3 N–H and O–H groups in total. The molecule has 1 aromatic heterocycles. The van der Waals surface area contributed by atoms with Gasteiger partial charge in [0.1, 0.15) is 6.17 Å². The molecule has 0 radical (unpaired) electrons. The number of nitrogens with zero attached hydrogens (tertiary/aromatic N) is 2. The molecular weight excluding hydrogens is 431 g/mol. The molecule has 2 unspecified atom stereocenters. The molecule has 3 rings (SSSR count). The number of hydrogen-bond donors (Lipinski definition) is 3. The van der Waals surface area contributed by atoms with Crippen LogP contribution in [0.3, 0.4) is 0 Å². The third-order valence-electron chi connectivity index (χ3n) is 4.66. The number of thioether (sulfide) groups is 1. The lowest BCUT2D eigenvalue weighted by Crippen LogP contribution is -2.57. The Morgan fingerprint density at radius 3 is 2.42 bits per heavy atom. The van der Waals surface area contributed by atoms with E-state index in [0.29, 0.717) is 11.4 Å². The Morgan fingerprint density at radius 1 is 1.19 bits per heavy atom. The summed E-state index contributed by atoms with van der Waals surface area (Å²) in [6.45, 7) is 3.79. The molecule has 7 nitrogen and oxygen atoms in total. The topological polar surface area (TPSA) is 96.0 Å². The van der Waals surface area contributed by atoms with Gasteiger partial charge in [-0.05, 0) is 41.4 Å². The van der Waals surface area contributed by atoms with E-state index in [1.54, 1.807) is 18.2 Å². The predicted octanol–water partition coefficient (Wildman–Crippen LogP) is 3.08. The molecule has 1 aromatic carbocycles. The van der Waals surface area contributed by atoms with Crippen molar-refractivity contribution in [3.63, 3.8) is 0 Å². The second-order valence-electron chi connectivity index (χ2n) is 7.38. The first-order chi connectivity index (χ1) is 14.6. The molecule has 31 heavy (non-hydrogen) atoms. The van der Waals surface area contributed by atoms with Gasteiger partial charge in [-0.15, -0.1) is 0 Å². The number of amides is 2. The van der Waals surface area contributed by atoms with E-state index in [4.69, 9.17) is 0 Å². The molecule has 0 saturated carbocycles. The van der Waals surface area contributed by atoms with Crippen LogP contribution in [0.1, 0.15) is 43.9 Å². The number of carbonyl (C=O) groups is 2. The first kappa shape index (κ1) is 23.0. The summed E-state index contributed by atoms with van der Waals surface area (Å²) < 4.78 is 37.6. The van der Waals surface area contributed by atoms with Crippen molar-refractivity contribution in [2.75, 3.05) is 0 Å². The maximum absolute atomic E-state index is 12.9. The van der Waals surface area contributed by atoms with Crippen molar-refractivity contribution in [3.8, 4) is 0 Å². The summed E-state index contributed by atoms with van der Waals surface area (Å²) in [6.07, 6.45) is 2.32. The van der Waals surface area contributed by atoms with Crippen molar-refractivity contribution in [2.45, 2.75) is 48.9 Å². The maximum atomic E-state index is 12.9. The Morgan fingerprint density at radius 2 is 1.84 bits per heavy atom. The fourth-order valence-electron chi connectivity index (χ4n) is 3.24. The molecule has 2 amide bonds. The number of hydrogen-bond acceptors (Lipinski definition) is 6. The van der Waals surface area contributed by atoms with Gasteiger partial charge in [0.05, 0.1) is 18.5 Å². The van der Waals surface area contributed by atoms with E-state index in [0.717, 1.165) is 0 Å². The SMILES string of the molecule is CC(C)[C@@H](NC(=O)C1CC(=O)NC(c2ncccn2)N1)c1ccc(SC(F)(F)F)cc1. The second kappa shape index (κ2) is 9.65. The van der Waals surface area contributed by atoms with E-state index >= 15 is 0 Å². The zero-order chi connectivity index (χ0) is 22.6. The monoisotopic (exact) mass is 453 g/mol. The molecule has 0 bridgehead atoms. The van der Waals surface area contributed by atoms with Crippen LogP contribution >= 0.6 is 11.8 Å². The van der Waals surface area contributed by atoms with Crippen molar-refractivity contribution < 1.29 is 22.8 Å². The van der Waals surface area contributed by atoms with Crippen LogP contribution in [0.2, 0.25) is 0 Å². The fourth-order valence-corrected chi connectivity index (χ4v) is 3.78. The number of aromatic nitrogens is 2.